The van der Waals surface area contributed by atoms with Crippen LogP contribution in [-0.4, -0.2) is 39.4 Å². The molecule has 21 heavy (non-hydrogen) atoms. The summed E-state index contributed by atoms with van der Waals surface area (Å²) in [6, 6.07) is 5.61. The van der Waals surface area contributed by atoms with Crippen molar-refractivity contribution in [3.05, 3.63) is 18.2 Å². The van der Waals surface area contributed by atoms with Crippen molar-refractivity contribution in [1.82, 2.24) is 4.31 Å². The lowest BCUT2D eigenvalue weighted by molar-refractivity contribution is 0.521. The van der Waals surface area contributed by atoms with E-state index in [4.69, 9.17) is 5.73 Å². The largest absolute Gasteiger partial charge is 0.397 e. The van der Waals surface area contributed by atoms with Crippen LogP contribution in [0.3, 0.4) is 0 Å². The Morgan fingerprint density at radius 1 is 1.29 bits per heavy atom. The molecular weight excluding hydrogens is 286 g/mol. The summed E-state index contributed by atoms with van der Waals surface area (Å²) in [4.78, 5) is 2.56. The van der Waals surface area contributed by atoms with Gasteiger partial charge in [0.1, 0.15) is 0 Å². The predicted octanol–water partition coefficient (Wildman–Crippen LogP) is 2.14. The van der Waals surface area contributed by atoms with Gasteiger partial charge in [-0.2, -0.15) is 0 Å². The van der Waals surface area contributed by atoms with Gasteiger partial charge in [-0.15, -0.1) is 0 Å². The molecule has 0 atom stereocenters. The minimum absolute atomic E-state index is 0.244. The van der Waals surface area contributed by atoms with E-state index in [0.29, 0.717) is 17.6 Å². The van der Waals surface area contributed by atoms with Crippen molar-refractivity contribution < 1.29 is 8.42 Å². The fourth-order valence-corrected chi connectivity index (χ4v) is 3.33. The van der Waals surface area contributed by atoms with Crippen LogP contribution in [0.25, 0.3) is 0 Å². The molecule has 0 unspecified atom stereocenters. The molecule has 6 heteroatoms. The Kier molecular flexibility index (Phi) is 4.49. The number of nitrogens with two attached hydrogens (primary N) is 1. The standard InChI is InChI=1S/C15H25N3O2S/c1-11(2)10-18(12-5-6-12)15-8-7-13(9-14(15)16)21(19,20)17(3)4/h7-9,11-12H,5-6,10,16H2,1-4H3. The molecule has 1 aliphatic rings. The highest BCUT2D eigenvalue weighted by Crippen LogP contribution is 2.36. The lowest BCUT2D eigenvalue weighted by Crippen LogP contribution is -2.30. The third kappa shape index (κ3) is 3.49. The molecule has 0 radical (unpaired) electrons. The van der Waals surface area contributed by atoms with E-state index in [9.17, 15) is 8.42 Å². The fraction of sp³-hybridized carbons (Fsp3) is 0.600. The maximum absolute atomic E-state index is 12.1. The van der Waals surface area contributed by atoms with Crippen molar-refractivity contribution >= 4 is 21.4 Å². The molecule has 0 heterocycles. The third-order valence-corrected chi connectivity index (χ3v) is 5.45. The Balaban J connectivity index is 2.34. The molecule has 1 aromatic rings. The summed E-state index contributed by atoms with van der Waals surface area (Å²) in [5.74, 6) is 0.537. The Bertz CT molecular complexity index is 607. The van der Waals surface area contributed by atoms with Crippen LogP contribution in [-0.2, 0) is 10.0 Å². The smallest absolute Gasteiger partial charge is 0.242 e. The average molecular weight is 311 g/mol. The Morgan fingerprint density at radius 2 is 1.90 bits per heavy atom. The molecule has 1 fully saturated rings. The van der Waals surface area contributed by atoms with Crippen molar-refractivity contribution in [2.24, 2.45) is 5.92 Å². The van der Waals surface area contributed by atoms with Gasteiger partial charge in [0.05, 0.1) is 16.3 Å². The van der Waals surface area contributed by atoms with Gasteiger partial charge in [-0.3, -0.25) is 0 Å². The van der Waals surface area contributed by atoms with Crippen LogP contribution < -0.4 is 10.6 Å². The molecule has 2 N–H and O–H groups in total. The number of anilines is 2. The lowest BCUT2D eigenvalue weighted by Gasteiger charge is -2.28. The summed E-state index contributed by atoms with van der Waals surface area (Å²) in [6.07, 6.45) is 2.37. The summed E-state index contributed by atoms with van der Waals surface area (Å²) in [5.41, 5.74) is 7.62. The highest BCUT2D eigenvalue weighted by Gasteiger charge is 2.31. The molecule has 1 aromatic carbocycles. The molecule has 2 rings (SSSR count). The zero-order valence-corrected chi connectivity index (χ0v) is 14.0. The Labute approximate surface area is 127 Å². The van der Waals surface area contributed by atoms with Crippen molar-refractivity contribution in [3.8, 4) is 0 Å². The van der Waals surface area contributed by atoms with Gasteiger partial charge in [-0.05, 0) is 37.0 Å². The monoisotopic (exact) mass is 311 g/mol. The van der Waals surface area contributed by atoms with Crippen LogP contribution in [0.5, 0.6) is 0 Å². The van der Waals surface area contributed by atoms with Crippen LogP contribution >= 0.6 is 0 Å². The normalized spacial score (nSPS) is 15.7. The molecule has 5 nitrogen and oxygen atoms in total. The number of hydrogen-bond donors (Lipinski definition) is 1. The molecule has 0 bridgehead atoms. The second-order valence-corrected chi connectivity index (χ2v) is 8.44. The van der Waals surface area contributed by atoms with E-state index in [1.165, 1.54) is 31.2 Å². The van der Waals surface area contributed by atoms with Crippen LogP contribution in [0.1, 0.15) is 26.7 Å². The second-order valence-electron chi connectivity index (χ2n) is 6.29. The molecule has 0 aromatic heterocycles. The topological polar surface area (TPSA) is 66.6 Å². The minimum atomic E-state index is -3.43. The third-order valence-electron chi connectivity index (χ3n) is 3.64. The maximum atomic E-state index is 12.1. The van der Waals surface area contributed by atoms with Crippen molar-refractivity contribution in [2.75, 3.05) is 31.3 Å². The molecule has 0 amide bonds. The average Bonchev–Trinajstić information content (AvgIpc) is 3.20. The Morgan fingerprint density at radius 3 is 2.33 bits per heavy atom. The van der Waals surface area contributed by atoms with Crippen molar-refractivity contribution in [3.63, 3.8) is 0 Å². The van der Waals surface area contributed by atoms with Gasteiger partial charge < -0.3 is 10.6 Å². The van der Waals surface area contributed by atoms with E-state index >= 15 is 0 Å². The number of benzene rings is 1. The van der Waals surface area contributed by atoms with Crippen molar-refractivity contribution in [1.29, 1.82) is 0 Å². The Hall–Kier alpha value is -1.27. The predicted molar refractivity (Wildman–Crippen MR) is 86.9 cm³/mol. The fourth-order valence-electron chi connectivity index (χ4n) is 2.39. The highest BCUT2D eigenvalue weighted by atomic mass is 32.2. The van der Waals surface area contributed by atoms with E-state index in [1.807, 2.05) is 6.07 Å². The first-order chi connectivity index (χ1) is 9.73. The van der Waals surface area contributed by atoms with Gasteiger partial charge in [0.15, 0.2) is 0 Å². The minimum Gasteiger partial charge on any atom is -0.397 e. The molecule has 0 spiro atoms. The van der Waals surface area contributed by atoms with E-state index in [1.54, 1.807) is 12.1 Å². The van der Waals surface area contributed by atoms with Gasteiger partial charge in [-0.25, -0.2) is 12.7 Å². The summed E-state index contributed by atoms with van der Waals surface area (Å²) in [7, 11) is -0.390. The van der Waals surface area contributed by atoms with Gasteiger partial charge in [0.2, 0.25) is 10.0 Å². The molecule has 0 saturated heterocycles. The van der Waals surface area contributed by atoms with E-state index in [-0.39, 0.29) is 4.90 Å². The molecule has 118 valence electrons. The van der Waals surface area contributed by atoms with E-state index in [2.05, 4.69) is 18.7 Å². The SMILES string of the molecule is CC(C)CN(c1ccc(S(=O)(=O)N(C)C)cc1N)C1CC1. The zero-order valence-electron chi connectivity index (χ0n) is 13.2. The van der Waals surface area contributed by atoms with Crippen molar-refractivity contribution in [2.45, 2.75) is 37.6 Å². The lowest BCUT2D eigenvalue weighted by atomic mass is 10.1. The first-order valence-electron chi connectivity index (χ1n) is 7.32. The number of rotatable bonds is 6. The first kappa shape index (κ1) is 16.1. The highest BCUT2D eigenvalue weighted by molar-refractivity contribution is 7.89. The summed E-state index contributed by atoms with van der Waals surface area (Å²) < 4.78 is 25.5. The van der Waals surface area contributed by atoms with Gasteiger partial charge in [0.25, 0.3) is 0 Å². The molecule has 0 aliphatic heterocycles. The quantitative estimate of drug-likeness (QED) is 0.817. The number of nitrogens with zero attached hydrogens (tertiary/aromatic N) is 2. The second kappa shape index (κ2) is 5.85. The summed E-state index contributed by atoms with van der Waals surface area (Å²) in [6.45, 7) is 5.29. The number of nitrogen functional groups attached to an aromatic ring is 1. The number of sulfonamides is 1. The van der Waals surface area contributed by atoms with Gasteiger partial charge in [0, 0.05) is 26.7 Å². The first-order valence-corrected chi connectivity index (χ1v) is 8.76. The van der Waals surface area contributed by atoms with E-state index < -0.39 is 10.0 Å². The summed E-state index contributed by atoms with van der Waals surface area (Å²) >= 11 is 0. The summed E-state index contributed by atoms with van der Waals surface area (Å²) in [5, 5.41) is 0. The van der Waals surface area contributed by atoms with Gasteiger partial charge >= 0.3 is 0 Å². The van der Waals surface area contributed by atoms with Crippen LogP contribution in [0, 0.1) is 5.92 Å². The van der Waals surface area contributed by atoms with Crippen LogP contribution in [0.4, 0.5) is 11.4 Å². The molecule has 1 aliphatic carbocycles. The van der Waals surface area contributed by atoms with Crippen LogP contribution in [0.15, 0.2) is 23.1 Å². The molecular formula is C15H25N3O2S. The van der Waals surface area contributed by atoms with E-state index in [0.717, 1.165) is 12.2 Å². The number of hydrogen-bond acceptors (Lipinski definition) is 4. The van der Waals surface area contributed by atoms with Crippen LogP contribution in [0.2, 0.25) is 0 Å². The molecule has 1 saturated carbocycles. The van der Waals surface area contributed by atoms with Gasteiger partial charge in [-0.1, -0.05) is 13.8 Å². The zero-order chi connectivity index (χ0) is 15.8. The maximum Gasteiger partial charge on any atom is 0.242 e.